The van der Waals surface area contributed by atoms with Crippen LogP contribution in [0.3, 0.4) is 0 Å². The van der Waals surface area contributed by atoms with Crippen LogP contribution in [0.25, 0.3) is 0 Å². The first-order chi connectivity index (χ1) is 12.2. The molecule has 1 aromatic heterocycles. The van der Waals surface area contributed by atoms with Gasteiger partial charge in [0.2, 0.25) is 5.91 Å². The smallest absolute Gasteiger partial charge is 0.263 e. The third kappa shape index (κ3) is 4.24. The van der Waals surface area contributed by atoms with Crippen molar-refractivity contribution >= 4 is 35.6 Å². The van der Waals surface area contributed by atoms with Crippen molar-refractivity contribution < 1.29 is 9.59 Å². The highest BCUT2D eigenvalue weighted by molar-refractivity contribution is 7.14. The fourth-order valence-corrected chi connectivity index (χ4v) is 5.50. The standard InChI is InChI=1S/C19H27N3O2S.ClH/c23-18(15-6-2-8-20-15)21-11-13-4-3-9-22(12-13)19(24)17-10-14-5-1-7-16(14)25-17;/h10,13,15,20H,1-9,11-12H2,(H,21,23);1H. The van der Waals surface area contributed by atoms with Gasteiger partial charge in [-0.25, -0.2) is 0 Å². The van der Waals surface area contributed by atoms with E-state index in [9.17, 15) is 9.59 Å². The Morgan fingerprint density at radius 2 is 2.12 bits per heavy atom. The second-order valence-electron chi connectivity index (χ2n) is 7.57. The van der Waals surface area contributed by atoms with Gasteiger partial charge in [0.1, 0.15) is 0 Å². The Morgan fingerprint density at radius 3 is 2.88 bits per heavy atom. The van der Waals surface area contributed by atoms with Crippen LogP contribution < -0.4 is 10.6 Å². The maximum absolute atomic E-state index is 12.8. The number of hydrogen-bond donors (Lipinski definition) is 2. The van der Waals surface area contributed by atoms with Crippen LogP contribution in [0, 0.1) is 5.92 Å². The summed E-state index contributed by atoms with van der Waals surface area (Å²) < 4.78 is 0. The van der Waals surface area contributed by atoms with Gasteiger partial charge in [-0.05, 0) is 69.0 Å². The second-order valence-corrected chi connectivity index (χ2v) is 8.70. The highest BCUT2D eigenvalue weighted by Crippen LogP contribution is 2.32. The minimum atomic E-state index is -0.0187. The Labute approximate surface area is 165 Å². The number of nitrogens with zero attached hydrogens (tertiary/aromatic N) is 1. The number of carbonyl (C=O) groups excluding carboxylic acids is 2. The zero-order valence-electron chi connectivity index (χ0n) is 15.1. The van der Waals surface area contributed by atoms with Gasteiger partial charge in [-0.2, -0.15) is 0 Å². The van der Waals surface area contributed by atoms with Crippen molar-refractivity contribution in [2.24, 2.45) is 5.92 Å². The lowest BCUT2D eigenvalue weighted by Gasteiger charge is -2.32. The Bertz CT molecular complexity index is 636. The Hall–Kier alpha value is -1.11. The number of amides is 2. The Kier molecular flexibility index (Phi) is 6.59. The van der Waals surface area contributed by atoms with Crippen LogP contribution >= 0.6 is 23.7 Å². The van der Waals surface area contributed by atoms with Crippen LogP contribution in [0.4, 0.5) is 0 Å². The third-order valence-corrected chi connectivity index (χ3v) is 6.93. The number of aryl methyl sites for hydroxylation is 2. The van der Waals surface area contributed by atoms with Crippen LogP contribution in [0.1, 0.15) is 52.2 Å². The summed E-state index contributed by atoms with van der Waals surface area (Å²) in [5.74, 6) is 0.679. The summed E-state index contributed by atoms with van der Waals surface area (Å²) in [4.78, 5) is 29.3. The molecule has 0 radical (unpaired) electrons. The summed E-state index contributed by atoms with van der Waals surface area (Å²) in [7, 11) is 0. The predicted octanol–water partition coefficient (Wildman–Crippen LogP) is 2.38. The van der Waals surface area contributed by atoms with E-state index < -0.39 is 0 Å². The van der Waals surface area contributed by atoms with E-state index in [0.717, 1.165) is 63.0 Å². The molecule has 0 saturated carbocycles. The number of thiophene rings is 1. The summed E-state index contributed by atoms with van der Waals surface area (Å²) in [6.45, 7) is 3.23. The Morgan fingerprint density at radius 1 is 1.23 bits per heavy atom. The zero-order chi connectivity index (χ0) is 17.2. The molecule has 3 heterocycles. The first-order valence-electron chi connectivity index (χ1n) is 9.62. The minimum Gasteiger partial charge on any atom is -0.354 e. The van der Waals surface area contributed by atoms with Gasteiger partial charge < -0.3 is 15.5 Å². The van der Waals surface area contributed by atoms with Gasteiger partial charge in [0.15, 0.2) is 0 Å². The van der Waals surface area contributed by atoms with Crippen molar-refractivity contribution in [2.75, 3.05) is 26.2 Å². The SMILES string of the molecule is Cl.O=C(NCC1CCCN(C(=O)c2cc3c(s2)CCC3)C1)C1CCCN1. The number of rotatable bonds is 4. The maximum atomic E-state index is 12.8. The topological polar surface area (TPSA) is 61.4 Å². The van der Waals surface area contributed by atoms with Gasteiger partial charge in [-0.3, -0.25) is 9.59 Å². The van der Waals surface area contributed by atoms with Gasteiger partial charge in [-0.15, -0.1) is 23.7 Å². The van der Waals surface area contributed by atoms with Crippen LogP contribution in [-0.4, -0.2) is 48.9 Å². The van der Waals surface area contributed by atoms with Gasteiger partial charge in [0.25, 0.3) is 5.91 Å². The normalized spacial score (nSPS) is 24.8. The molecular weight excluding hydrogens is 370 g/mol. The van der Waals surface area contributed by atoms with Crippen LogP contribution in [-0.2, 0) is 17.6 Å². The van der Waals surface area contributed by atoms with Gasteiger partial charge in [-0.1, -0.05) is 0 Å². The van der Waals surface area contributed by atoms with Crippen molar-refractivity contribution in [1.82, 2.24) is 15.5 Å². The molecule has 26 heavy (non-hydrogen) atoms. The monoisotopic (exact) mass is 397 g/mol. The first kappa shape index (κ1) is 19.6. The molecule has 7 heteroatoms. The molecule has 2 aliphatic heterocycles. The van der Waals surface area contributed by atoms with Crippen molar-refractivity contribution in [3.8, 4) is 0 Å². The Balaban J connectivity index is 0.00000196. The number of fused-ring (bicyclic) bond motifs is 1. The maximum Gasteiger partial charge on any atom is 0.263 e. The largest absolute Gasteiger partial charge is 0.354 e. The predicted molar refractivity (Wildman–Crippen MR) is 106 cm³/mol. The van der Waals surface area contributed by atoms with Gasteiger partial charge in [0.05, 0.1) is 10.9 Å². The van der Waals surface area contributed by atoms with Gasteiger partial charge in [0, 0.05) is 24.5 Å². The summed E-state index contributed by atoms with van der Waals surface area (Å²) in [5, 5.41) is 6.32. The van der Waals surface area contributed by atoms with Gasteiger partial charge >= 0.3 is 0 Å². The number of nitrogens with one attached hydrogen (secondary N) is 2. The molecule has 2 amide bonds. The van der Waals surface area contributed by atoms with E-state index >= 15 is 0 Å². The molecule has 1 aromatic rings. The van der Waals surface area contributed by atoms with E-state index in [-0.39, 0.29) is 30.3 Å². The highest BCUT2D eigenvalue weighted by Gasteiger charge is 2.28. The average molecular weight is 398 g/mol. The van der Waals surface area contributed by atoms with Crippen molar-refractivity contribution in [1.29, 1.82) is 0 Å². The number of halogens is 1. The fourth-order valence-electron chi connectivity index (χ4n) is 4.28. The summed E-state index contributed by atoms with van der Waals surface area (Å²) >= 11 is 1.69. The zero-order valence-corrected chi connectivity index (χ0v) is 16.7. The first-order valence-corrected chi connectivity index (χ1v) is 10.4. The minimum absolute atomic E-state index is 0. The quantitative estimate of drug-likeness (QED) is 0.819. The molecule has 1 aliphatic carbocycles. The van der Waals surface area contributed by atoms with Crippen molar-refractivity contribution in [2.45, 2.75) is 51.0 Å². The van der Waals surface area contributed by atoms with Crippen LogP contribution in [0.2, 0.25) is 0 Å². The lowest BCUT2D eigenvalue weighted by molar-refractivity contribution is -0.123. The molecule has 2 N–H and O–H groups in total. The van der Waals surface area contributed by atoms with E-state index in [4.69, 9.17) is 0 Å². The molecule has 2 unspecified atom stereocenters. The van der Waals surface area contributed by atoms with Crippen molar-refractivity contribution in [3.63, 3.8) is 0 Å². The molecule has 2 atom stereocenters. The molecule has 3 aliphatic rings. The third-order valence-electron chi connectivity index (χ3n) is 5.71. The number of carbonyl (C=O) groups is 2. The second kappa shape index (κ2) is 8.72. The number of likely N-dealkylation sites (tertiary alicyclic amines) is 1. The molecule has 0 aromatic carbocycles. The van der Waals surface area contributed by atoms with E-state index in [1.54, 1.807) is 11.3 Å². The van der Waals surface area contributed by atoms with Crippen molar-refractivity contribution in [3.05, 3.63) is 21.4 Å². The lowest BCUT2D eigenvalue weighted by atomic mass is 9.97. The van der Waals surface area contributed by atoms with E-state index in [2.05, 4.69) is 16.7 Å². The van der Waals surface area contributed by atoms with E-state index in [1.807, 2.05) is 4.90 Å². The molecule has 2 saturated heterocycles. The molecular formula is C19H28ClN3O2S. The summed E-state index contributed by atoms with van der Waals surface area (Å²) in [6.07, 6.45) is 7.62. The fraction of sp³-hybridized carbons (Fsp3) is 0.684. The van der Waals surface area contributed by atoms with Crippen LogP contribution in [0.15, 0.2) is 6.07 Å². The molecule has 4 rings (SSSR count). The summed E-state index contributed by atoms with van der Waals surface area (Å²) in [6, 6.07) is 2.10. The van der Waals surface area contributed by atoms with Crippen LogP contribution in [0.5, 0.6) is 0 Å². The molecule has 2 fully saturated rings. The molecule has 144 valence electrons. The van der Waals surface area contributed by atoms with E-state index in [0.29, 0.717) is 12.5 Å². The lowest BCUT2D eigenvalue weighted by Crippen LogP contribution is -2.46. The average Bonchev–Trinajstić information content (AvgIpc) is 3.35. The summed E-state index contributed by atoms with van der Waals surface area (Å²) in [5.41, 5.74) is 1.39. The highest BCUT2D eigenvalue weighted by atomic mass is 35.5. The molecule has 5 nitrogen and oxygen atoms in total. The van der Waals surface area contributed by atoms with E-state index in [1.165, 1.54) is 16.9 Å². The number of piperidine rings is 1. The number of hydrogen-bond acceptors (Lipinski definition) is 4. The molecule has 0 spiro atoms. The molecule has 0 bridgehead atoms.